The third-order valence-electron chi connectivity index (χ3n) is 6.67. The van der Waals surface area contributed by atoms with Crippen molar-refractivity contribution in [3.63, 3.8) is 0 Å². The van der Waals surface area contributed by atoms with E-state index < -0.39 is 0 Å². The Morgan fingerprint density at radius 3 is 1.16 bits per heavy atom. The van der Waals surface area contributed by atoms with E-state index in [1.165, 1.54) is 45.0 Å². The molecule has 0 saturated heterocycles. The molecular formula is C30H38N8. The van der Waals surface area contributed by atoms with Gasteiger partial charge in [-0.15, -0.1) is 0 Å². The van der Waals surface area contributed by atoms with Crippen molar-refractivity contribution in [2.45, 2.75) is 52.4 Å². The van der Waals surface area contributed by atoms with Crippen LogP contribution in [0.4, 0.5) is 0 Å². The smallest absolute Gasteiger partial charge is 0.0360 e. The van der Waals surface area contributed by atoms with E-state index in [1.807, 2.05) is 49.1 Å². The van der Waals surface area contributed by atoms with Crippen LogP contribution in [0.3, 0.4) is 0 Å². The summed E-state index contributed by atoms with van der Waals surface area (Å²) in [5, 5.41) is 14.5. The highest BCUT2D eigenvalue weighted by molar-refractivity contribution is 5.40. The fourth-order valence-electron chi connectivity index (χ4n) is 4.75. The largest absolute Gasteiger partial charge is 0.364 e. The molecule has 0 aliphatic heterocycles. The summed E-state index contributed by atoms with van der Waals surface area (Å²) in [7, 11) is 0. The van der Waals surface area contributed by atoms with Gasteiger partial charge in [0.15, 0.2) is 0 Å². The highest BCUT2D eigenvalue weighted by Gasteiger charge is 2.12. The van der Waals surface area contributed by atoms with Crippen molar-refractivity contribution in [3.05, 3.63) is 130 Å². The van der Waals surface area contributed by atoms with Crippen molar-refractivity contribution in [1.29, 1.82) is 0 Å². The van der Waals surface area contributed by atoms with Gasteiger partial charge in [0.25, 0.3) is 0 Å². The second kappa shape index (κ2) is 13.6. The van der Waals surface area contributed by atoms with Gasteiger partial charge < -0.3 is 41.2 Å². The van der Waals surface area contributed by atoms with Gasteiger partial charge in [0.1, 0.15) is 0 Å². The number of H-pyrrole nitrogens is 4. The molecule has 4 aromatic heterocycles. The maximum atomic E-state index is 3.66. The molecule has 5 aromatic rings. The molecule has 8 N–H and O–H groups in total. The number of benzene rings is 1. The maximum Gasteiger partial charge on any atom is 0.0360 e. The lowest BCUT2D eigenvalue weighted by Gasteiger charge is -2.19. The number of nitrogens with one attached hydrogen (secondary N) is 8. The number of aromatic amines is 4. The first kappa shape index (κ1) is 25.8. The first-order chi connectivity index (χ1) is 18.8. The van der Waals surface area contributed by atoms with E-state index in [0.717, 1.165) is 52.4 Å². The van der Waals surface area contributed by atoms with Crippen LogP contribution in [-0.2, 0) is 52.4 Å². The maximum absolute atomic E-state index is 3.66. The highest BCUT2D eigenvalue weighted by Crippen LogP contribution is 2.20. The van der Waals surface area contributed by atoms with Crippen LogP contribution in [-0.4, -0.2) is 19.9 Å². The second-order valence-corrected chi connectivity index (χ2v) is 9.59. The van der Waals surface area contributed by atoms with Crippen molar-refractivity contribution >= 4 is 0 Å². The Bertz CT molecular complexity index is 1240. The van der Waals surface area contributed by atoms with Crippen molar-refractivity contribution in [1.82, 2.24) is 41.2 Å². The normalized spacial score (nSPS) is 11.4. The fraction of sp³-hybridized carbons (Fsp3) is 0.267. The van der Waals surface area contributed by atoms with Crippen molar-refractivity contribution in [2.24, 2.45) is 0 Å². The molecule has 0 atom stereocenters. The number of aromatic nitrogens is 4. The molecule has 0 unspecified atom stereocenters. The zero-order chi connectivity index (χ0) is 25.8. The molecular weight excluding hydrogens is 472 g/mol. The van der Waals surface area contributed by atoms with Gasteiger partial charge in [-0.1, -0.05) is 12.1 Å². The monoisotopic (exact) mass is 510 g/mol. The summed E-state index contributed by atoms with van der Waals surface area (Å²) in [6.07, 6.45) is 7.88. The zero-order valence-electron chi connectivity index (χ0n) is 21.7. The fourth-order valence-corrected chi connectivity index (χ4v) is 4.75. The van der Waals surface area contributed by atoms with Crippen LogP contribution in [0.1, 0.15) is 45.0 Å². The number of hydrogen-bond acceptors (Lipinski definition) is 4. The Morgan fingerprint density at radius 2 is 0.789 bits per heavy atom. The van der Waals surface area contributed by atoms with Crippen LogP contribution in [0.15, 0.2) is 85.5 Å². The Morgan fingerprint density at radius 1 is 0.421 bits per heavy atom. The third kappa shape index (κ3) is 7.60. The first-order valence-corrected chi connectivity index (χ1v) is 13.3. The predicted octanol–water partition coefficient (Wildman–Crippen LogP) is 4.16. The summed E-state index contributed by atoms with van der Waals surface area (Å²) in [6.45, 7) is 6.43. The van der Waals surface area contributed by atoms with Crippen molar-refractivity contribution < 1.29 is 0 Å². The highest BCUT2D eigenvalue weighted by atomic mass is 14.9. The molecule has 0 saturated carbocycles. The van der Waals surface area contributed by atoms with Crippen LogP contribution in [0.25, 0.3) is 0 Å². The van der Waals surface area contributed by atoms with Gasteiger partial charge in [-0.05, 0) is 70.8 Å². The van der Waals surface area contributed by atoms with E-state index in [-0.39, 0.29) is 0 Å². The molecule has 0 amide bonds. The zero-order valence-corrected chi connectivity index (χ0v) is 21.7. The quantitative estimate of drug-likeness (QED) is 0.102. The Labute approximate surface area is 224 Å². The van der Waals surface area contributed by atoms with E-state index >= 15 is 0 Å². The predicted molar refractivity (Wildman–Crippen MR) is 152 cm³/mol. The molecule has 5 rings (SSSR count). The van der Waals surface area contributed by atoms with Gasteiger partial charge >= 0.3 is 0 Å². The minimum atomic E-state index is 0.798. The summed E-state index contributed by atoms with van der Waals surface area (Å²) < 4.78 is 0. The summed E-state index contributed by atoms with van der Waals surface area (Å²) >= 11 is 0. The summed E-state index contributed by atoms with van der Waals surface area (Å²) in [5.41, 5.74) is 10.0. The molecule has 0 aliphatic rings. The van der Waals surface area contributed by atoms with Gasteiger partial charge in [-0.3, -0.25) is 0 Å². The standard InChI is InChI=1S/C30H38N8/c1-5-26(35-9-1)18-31-15-23-13-24(16-32-19-27-6-2-10-36-27)30(22-34-21-29-8-4-12-38-29)25(14-23)17-33-20-28-7-3-11-37-28/h1-14,31-38H,15-22H2. The summed E-state index contributed by atoms with van der Waals surface area (Å²) in [4.78, 5) is 13.1. The number of rotatable bonds is 16. The Kier molecular flexibility index (Phi) is 9.27. The molecule has 4 heterocycles. The third-order valence-corrected chi connectivity index (χ3v) is 6.67. The summed E-state index contributed by atoms with van der Waals surface area (Å²) in [5.74, 6) is 0. The Hall–Kier alpha value is -3.82. The van der Waals surface area contributed by atoms with Gasteiger partial charge in [0.05, 0.1) is 0 Å². The van der Waals surface area contributed by atoms with Crippen molar-refractivity contribution in [2.75, 3.05) is 0 Å². The molecule has 0 radical (unpaired) electrons. The van der Waals surface area contributed by atoms with E-state index in [1.54, 1.807) is 0 Å². The van der Waals surface area contributed by atoms with Crippen LogP contribution in [0.2, 0.25) is 0 Å². The van der Waals surface area contributed by atoms with Crippen LogP contribution in [0.5, 0.6) is 0 Å². The first-order valence-electron chi connectivity index (χ1n) is 13.3. The lowest BCUT2D eigenvalue weighted by atomic mass is 9.96. The van der Waals surface area contributed by atoms with Crippen LogP contribution >= 0.6 is 0 Å². The molecule has 1 aromatic carbocycles. The molecule has 0 bridgehead atoms. The van der Waals surface area contributed by atoms with Gasteiger partial charge in [0, 0.05) is 99.9 Å². The minimum absolute atomic E-state index is 0.798. The molecule has 38 heavy (non-hydrogen) atoms. The SMILES string of the molecule is c1c[nH]c(CNCc2cc(CNCc3ccc[nH]3)c(CNCc3ccc[nH]3)c(CNCc3ccc[nH]3)c2)c1. The van der Waals surface area contributed by atoms with Crippen LogP contribution < -0.4 is 21.3 Å². The lowest BCUT2D eigenvalue weighted by molar-refractivity contribution is 0.627. The average molecular weight is 511 g/mol. The van der Waals surface area contributed by atoms with E-state index in [0.29, 0.717) is 0 Å². The van der Waals surface area contributed by atoms with Gasteiger partial charge in [0.2, 0.25) is 0 Å². The van der Waals surface area contributed by atoms with Crippen LogP contribution in [0, 0.1) is 0 Å². The van der Waals surface area contributed by atoms with E-state index in [4.69, 9.17) is 0 Å². The molecule has 0 fully saturated rings. The Balaban J connectivity index is 1.33. The van der Waals surface area contributed by atoms with Gasteiger partial charge in [-0.25, -0.2) is 0 Å². The summed E-state index contributed by atoms with van der Waals surface area (Å²) in [6, 6.07) is 21.3. The van der Waals surface area contributed by atoms with E-state index in [9.17, 15) is 0 Å². The van der Waals surface area contributed by atoms with E-state index in [2.05, 4.69) is 77.6 Å². The topological polar surface area (TPSA) is 111 Å². The second-order valence-electron chi connectivity index (χ2n) is 9.59. The van der Waals surface area contributed by atoms with Crippen molar-refractivity contribution in [3.8, 4) is 0 Å². The number of hydrogen-bond donors (Lipinski definition) is 8. The molecule has 8 heteroatoms. The molecule has 198 valence electrons. The van der Waals surface area contributed by atoms with Gasteiger partial charge in [-0.2, -0.15) is 0 Å². The molecule has 8 nitrogen and oxygen atoms in total. The lowest BCUT2D eigenvalue weighted by Crippen LogP contribution is -2.23. The average Bonchev–Trinajstić information content (AvgIpc) is 3.75. The molecule has 0 aliphatic carbocycles. The molecule has 0 spiro atoms. The minimum Gasteiger partial charge on any atom is -0.364 e.